The van der Waals surface area contributed by atoms with Gasteiger partial charge in [0.15, 0.2) is 0 Å². The van der Waals surface area contributed by atoms with Gasteiger partial charge in [-0.05, 0) is 36.6 Å². The monoisotopic (exact) mass is 503 g/mol. The maximum Gasteiger partial charge on any atom is 0.370 e. The molecule has 1 aromatic heterocycles. The molecular formula is C17H14INO5S2. The molecule has 0 N–H and O–H groups in total. The summed E-state index contributed by atoms with van der Waals surface area (Å²) < 4.78 is 33.6. The molecule has 6 nitrogen and oxygen atoms in total. The van der Waals surface area contributed by atoms with E-state index < -0.39 is 10.1 Å². The highest BCUT2D eigenvalue weighted by Crippen LogP contribution is 2.09. The second kappa shape index (κ2) is 9.21. The van der Waals surface area contributed by atoms with Gasteiger partial charge >= 0.3 is 21.2 Å². The standard InChI is InChI=1S/C10H7INO2S.C7H8O3S/c13-12(14)9-4-1-3-8(7-9)11-10-5-2-6-15-10;1-6-2-4-7(5-3-6)11(8,9)10/h1-7H;2-5H,1H3,(H,8,9,10)/q+1;/p-1. The van der Waals surface area contributed by atoms with E-state index in [9.17, 15) is 23.1 Å². The number of thiophene rings is 1. The zero-order chi connectivity index (χ0) is 19.2. The molecule has 3 aromatic rings. The van der Waals surface area contributed by atoms with Gasteiger partial charge in [0.1, 0.15) is 10.1 Å². The highest BCUT2D eigenvalue weighted by atomic mass is 127. The van der Waals surface area contributed by atoms with Crippen LogP contribution in [0.4, 0.5) is 5.69 Å². The Morgan fingerprint density at radius 1 is 1.04 bits per heavy atom. The molecule has 0 fully saturated rings. The first kappa shape index (κ1) is 20.5. The number of nitro groups is 1. The van der Waals surface area contributed by atoms with Crippen LogP contribution >= 0.6 is 11.3 Å². The molecule has 0 aliphatic carbocycles. The Morgan fingerprint density at radius 2 is 1.73 bits per heavy atom. The summed E-state index contributed by atoms with van der Waals surface area (Å²) in [5.41, 5.74) is 1.11. The lowest BCUT2D eigenvalue weighted by molar-refractivity contribution is -0.591. The SMILES string of the molecule is Cc1ccc(S(=O)(=O)[O-])cc1.O=[N+]([O-])c1cccc([I+]c2cccs2)c1. The van der Waals surface area contributed by atoms with Crippen molar-refractivity contribution in [3.05, 3.63) is 88.2 Å². The smallest absolute Gasteiger partial charge is 0.370 e. The van der Waals surface area contributed by atoms with Gasteiger partial charge in [-0.25, -0.2) is 8.42 Å². The van der Waals surface area contributed by atoms with Crippen molar-refractivity contribution in [2.75, 3.05) is 0 Å². The number of rotatable bonds is 4. The summed E-state index contributed by atoms with van der Waals surface area (Å²) in [7, 11) is -4.27. The van der Waals surface area contributed by atoms with Crippen LogP contribution in [0.25, 0.3) is 0 Å². The summed E-state index contributed by atoms with van der Waals surface area (Å²) in [6, 6.07) is 16.8. The Labute approximate surface area is 165 Å². The largest absolute Gasteiger partial charge is 0.744 e. The summed E-state index contributed by atoms with van der Waals surface area (Å²) in [4.78, 5) is 10.1. The average Bonchev–Trinajstić information content (AvgIpc) is 3.08. The van der Waals surface area contributed by atoms with Gasteiger partial charge in [-0.2, -0.15) is 0 Å². The van der Waals surface area contributed by atoms with E-state index in [1.165, 1.54) is 21.1 Å². The molecule has 0 atom stereocenters. The first-order valence-electron chi connectivity index (χ1n) is 7.21. The molecule has 26 heavy (non-hydrogen) atoms. The first-order valence-corrected chi connectivity index (χ1v) is 11.7. The van der Waals surface area contributed by atoms with Crippen molar-refractivity contribution in [3.8, 4) is 0 Å². The Kier molecular flexibility index (Phi) is 7.26. The molecule has 1 heterocycles. The van der Waals surface area contributed by atoms with Gasteiger partial charge in [0.05, 0.1) is 15.9 Å². The lowest BCUT2D eigenvalue weighted by Crippen LogP contribution is -3.61. The maximum atomic E-state index is 10.6. The number of aryl methyl sites for hydroxylation is 1. The molecule has 0 radical (unpaired) electrons. The number of halogens is 1. The third-order valence-electron chi connectivity index (χ3n) is 3.02. The summed E-state index contributed by atoms with van der Waals surface area (Å²) in [5.74, 6) is 0. The lowest BCUT2D eigenvalue weighted by Gasteiger charge is -2.05. The molecular weight excluding hydrogens is 489 g/mol. The zero-order valence-corrected chi connectivity index (χ0v) is 17.3. The van der Waals surface area contributed by atoms with E-state index in [2.05, 4.69) is 6.07 Å². The molecule has 0 aliphatic heterocycles. The molecule has 0 bridgehead atoms. The summed E-state index contributed by atoms with van der Waals surface area (Å²) in [6.07, 6.45) is 0. The van der Waals surface area contributed by atoms with Crippen LogP contribution in [0.5, 0.6) is 0 Å². The Hall–Kier alpha value is -1.82. The van der Waals surface area contributed by atoms with Crippen molar-refractivity contribution in [2.45, 2.75) is 11.8 Å². The van der Waals surface area contributed by atoms with Gasteiger partial charge in [-0.3, -0.25) is 10.1 Å². The summed E-state index contributed by atoms with van der Waals surface area (Å²) in [5, 5.41) is 12.6. The summed E-state index contributed by atoms with van der Waals surface area (Å²) in [6.45, 7) is 1.82. The molecule has 2 aromatic carbocycles. The van der Waals surface area contributed by atoms with Crippen molar-refractivity contribution in [1.82, 2.24) is 0 Å². The Morgan fingerprint density at radius 3 is 2.27 bits per heavy atom. The van der Waals surface area contributed by atoms with Crippen LogP contribution in [0.2, 0.25) is 0 Å². The van der Waals surface area contributed by atoms with E-state index in [0.717, 1.165) is 9.13 Å². The van der Waals surface area contributed by atoms with Gasteiger partial charge in [0, 0.05) is 12.1 Å². The van der Waals surface area contributed by atoms with Crippen LogP contribution in [0.3, 0.4) is 0 Å². The fourth-order valence-electron chi connectivity index (χ4n) is 1.77. The quantitative estimate of drug-likeness (QED) is 0.226. The predicted octanol–water partition coefficient (Wildman–Crippen LogP) is 0.684. The van der Waals surface area contributed by atoms with Crippen LogP contribution in [0.15, 0.2) is 70.9 Å². The fraction of sp³-hybridized carbons (Fsp3) is 0.0588. The van der Waals surface area contributed by atoms with Crippen molar-refractivity contribution < 1.29 is 39.1 Å². The van der Waals surface area contributed by atoms with Crippen molar-refractivity contribution in [3.63, 3.8) is 0 Å². The van der Waals surface area contributed by atoms with E-state index in [0.29, 0.717) is 0 Å². The minimum absolute atomic E-state index is 0.178. The number of hydrogen-bond acceptors (Lipinski definition) is 6. The van der Waals surface area contributed by atoms with Crippen molar-refractivity contribution in [2.24, 2.45) is 0 Å². The van der Waals surface area contributed by atoms with Gasteiger partial charge in [-0.15, -0.1) is 0 Å². The van der Waals surface area contributed by atoms with Crippen LogP contribution in [0.1, 0.15) is 5.56 Å². The second-order valence-corrected chi connectivity index (χ2v) is 11.0. The fourth-order valence-corrected chi connectivity index (χ4v) is 6.01. The van der Waals surface area contributed by atoms with Gasteiger partial charge in [0.2, 0.25) is 6.45 Å². The van der Waals surface area contributed by atoms with Gasteiger partial charge < -0.3 is 4.55 Å². The molecule has 0 unspecified atom stereocenters. The van der Waals surface area contributed by atoms with E-state index in [-0.39, 0.29) is 36.7 Å². The third-order valence-corrected chi connectivity index (χ3v) is 7.99. The minimum Gasteiger partial charge on any atom is -0.744 e. The molecule has 9 heteroatoms. The second-order valence-electron chi connectivity index (χ2n) is 5.02. The maximum absolute atomic E-state index is 10.6. The molecule has 0 amide bonds. The average molecular weight is 503 g/mol. The van der Waals surface area contributed by atoms with E-state index in [1.54, 1.807) is 35.6 Å². The van der Waals surface area contributed by atoms with Crippen LogP contribution in [-0.2, 0) is 10.1 Å². The van der Waals surface area contributed by atoms with E-state index >= 15 is 0 Å². The molecule has 136 valence electrons. The van der Waals surface area contributed by atoms with Crippen molar-refractivity contribution in [1.29, 1.82) is 0 Å². The highest BCUT2D eigenvalue weighted by molar-refractivity contribution is 7.85. The first-order chi connectivity index (χ1) is 12.3. The van der Waals surface area contributed by atoms with Crippen LogP contribution in [0, 0.1) is 23.5 Å². The minimum atomic E-state index is -4.27. The number of nitrogens with zero attached hydrogens (tertiary/aromatic N) is 1. The normalized spacial score (nSPS) is 10.7. The van der Waals surface area contributed by atoms with Gasteiger partial charge in [-0.1, -0.05) is 35.1 Å². The Balaban J connectivity index is 0.000000197. The Bertz CT molecular complexity index is 971. The summed E-state index contributed by atoms with van der Waals surface area (Å²) >= 11 is 1.45. The predicted molar refractivity (Wildman–Crippen MR) is 94.0 cm³/mol. The molecule has 0 saturated carbocycles. The molecule has 0 saturated heterocycles. The third kappa shape index (κ3) is 6.48. The van der Waals surface area contributed by atoms with Crippen LogP contribution < -0.4 is 21.2 Å². The van der Waals surface area contributed by atoms with Crippen LogP contribution in [-0.4, -0.2) is 17.9 Å². The molecule has 3 rings (SSSR count). The number of non-ortho nitro benzene ring substituents is 1. The van der Waals surface area contributed by atoms with Crippen molar-refractivity contribution >= 4 is 27.1 Å². The lowest BCUT2D eigenvalue weighted by atomic mass is 10.2. The number of benzene rings is 2. The molecule has 0 aliphatic rings. The topological polar surface area (TPSA) is 100 Å². The van der Waals surface area contributed by atoms with Gasteiger partial charge in [0.25, 0.3) is 5.69 Å². The highest BCUT2D eigenvalue weighted by Gasteiger charge is 2.19. The number of nitro benzene ring substituents is 1. The zero-order valence-electron chi connectivity index (χ0n) is 13.5. The van der Waals surface area contributed by atoms with E-state index in [4.69, 9.17) is 0 Å². The van der Waals surface area contributed by atoms with E-state index in [1.807, 2.05) is 24.4 Å². The number of hydrogen-bond donors (Lipinski definition) is 0. The molecule has 0 spiro atoms.